The second kappa shape index (κ2) is 17.8. The zero-order valence-electron chi connectivity index (χ0n) is 21.6. The number of rotatable bonds is 5. The van der Waals surface area contributed by atoms with Crippen LogP contribution < -0.4 is 39.0 Å². The molecule has 2 aliphatic rings. The van der Waals surface area contributed by atoms with E-state index in [2.05, 4.69) is 36.9 Å². The van der Waals surface area contributed by atoms with Crippen LogP contribution in [0.15, 0.2) is 29.9 Å². The van der Waals surface area contributed by atoms with Gasteiger partial charge in [0.1, 0.15) is 12.2 Å². The van der Waals surface area contributed by atoms with Gasteiger partial charge in [-0.15, -0.1) is 0 Å². The fraction of sp³-hybridized carbons (Fsp3) is 0.652. The third kappa shape index (κ3) is 12.4. The maximum absolute atomic E-state index is 8.35. The molecule has 2 saturated carbocycles. The Labute approximate surface area is 234 Å². The van der Waals surface area contributed by atoms with Gasteiger partial charge in [-0.1, -0.05) is 12.0 Å². The van der Waals surface area contributed by atoms with Crippen molar-refractivity contribution in [2.75, 3.05) is 0 Å². The molecule has 2 aromatic heterocycles. The molecule has 0 atom stereocenters. The van der Waals surface area contributed by atoms with Crippen LogP contribution in [-0.2, 0) is 0 Å². The summed E-state index contributed by atoms with van der Waals surface area (Å²) in [4.78, 5) is 20.9. The van der Waals surface area contributed by atoms with Crippen LogP contribution in [0.1, 0.15) is 69.4 Å². The van der Waals surface area contributed by atoms with E-state index in [4.69, 9.17) is 26.1 Å². The summed E-state index contributed by atoms with van der Waals surface area (Å²) in [5, 5.41) is 3.73. The van der Waals surface area contributed by atoms with E-state index in [0.717, 1.165) is 55.6 Å². The molecule has 13 heteroatoms. The van der Waals surface area contributed by atoms with Gasteiger partial charge < -0.3 is 20.5 Å². The summed E-state index contributed by atoms with van der Waals surface area (Å²) in [7, 11) is 0. The molecule has 0 radical (unpaired) electrons. The maximum atomic E-state index is 8.35. The first-order chi connectivity index (χ1) is 16.9. The van der Waals surface area contributed by atoms with Gasteiger partial charge in [0, 0.05) is 35.7 Å². The molecule has 0 amide bonds. The predicted octanol–water partition coefficient (Wildman–Crippen LogP) is 3.40. The summed E-state index contributed by atoms with van der Waals surface area (Å²) in [5.74, 6) is 0.851. The van der Waals surface area contributed by atoms with Crippen molar-refractivity contribution in [3.8, 4) is 12.0 Å². The third-order valence-corrected chi connectivity index (χ3v) is 5.88. The Morgan fingerprint density at radius 1 is 0.722 bits per heavy atom. The second-order valence-electron chi connectivity index (χ2n) is 8.93. The minimum absolute atomic E-state index is 0. The Kier molecular flexibility index (Phi) is 15.5. The first kappa shape index (κ1) is 31.4. The smallest absolute Gasteiger partial charge is 0.460 e. The number of ether oxygens (including phenoxy) is 2. The van der Waals surface area contributed by atoms with E-state index in [-0.39, 0.29) is 41.7 Å². The van der Waals surface area contributed by atoms with Gasteiger partial charge in [0.15, 0.2) is 0 Å². The predicted molar refractivity (Wildman–Crippen MR) is 131 cm³/mol. The molecule has 0 saturated heterocycles. The Morgan fingerprint density at radius 3 is 1.44 bits per heavy atom. The second-order valence-corrected chi connectivity index (χ2v) is 8.93. The van der Waals surface area contributed by atoms with Crippen molar-refractivity contribution in [3.05, 3.63) is 62.3 Å². The van der Waals surface area contributed by atoms with Crippen LogP contribution >= 0.6 is 0 Å². The first-order valence-electron chi connectivity index (χ1n) is 11.9. The number of aromatic nitrogens is 4. The van der Waals surface area contributed by atoms with Crippen LogP contribution in [0.4, 0.5) is 0 Å². The Balaban J connectivity index is 0.000000319. The summed E-state index contributed by atoms with van der Waals surface area (Å²) in [6, 6.07) is 1.08. The van der Waals surface area contributed by atoms with Crippen LogP contribution in [0.25, 0.3) is 26.4 Å². The summed E-state index contributed by atoms with van der Waals surface area (Å²) in [6.07, 6.45) is 15.9. The van der Waals surface area contributed by atoms with Gasteiger partial charge in [0.05, 0.1) is 0 Å². The van der Waals surface area contributed by atoms with Crippen LogP contribution in [0.3, 0.4) is 0 Å². The van der Waals surface area contributed by atoms with Crippen molar-refractivity contribution in [2.24, 2.45) is 11.0 Å². The Morgan fingerprint density at radius 2 is 1.08 bits per heavy atom. The fourth-order valence-corrected chi connectivity index (χ4v) is 3.88. The van der Waals surface area contributed by atoms with Gasteiger partial charge in [0.25, 0.3) is 0 Å². The van der Waals surface area contributed by atoms with Gasteiger partial charge in [-0.25, -0.2) is 19.9 Å². The fourth-order valence-electron chi connectivity index (χ4n) is 3.88. The minimum atomic E-state index is 0. The molecular formula is C23H33N10NaO2. The molecule has 0 aliphatic heterocycles. The van der Waals surface area contributed by atoms with Gasteiger partial charge in [-0.2, -0.15) is 0 Å². The number of azide groups is 1. The van der Waals surface area contributed by atoms with Crippen LogP contribution in [0.5, 0.6) is 12.0 Å². The SMILES string of the molecule is Cc1cnc(OC2CCC(C)CC2)nc1.Cc1cnc(OC2CCC(N=[N+]=[N-])CC2)nc1.[N-]=[N+]=[N-].[Na+]. The molecule has 2 fully saturated rings. The first-order valence-corrected chi connectivity index (χ1v) is 11.9. The molecule has 188 valence electrons. The summed E-state index contributed by atoms with van der Waals surface area (Å²) in [5.41, 5.74) is 23.9. The molecule has 36 heavy (non-hydrogen) atoms. The number of hydrogen-bond acceptors (Lipinski definition) is 7. The summed E-state index contributed by atoms with van der Waals surface area (Å²) in [6.45, 7) is 6.22. The van der Waals surface area contributed by atoms with Crippen molar-refractivity contribution in [3.63, 3.8) is 0 Å². The molecule has 0 unspecified atom stereocenters. The van der Waals surface area contributed by atoms with Crippen molar-refractivity contribution in [1.82, 2.24) is 19.9 Å². The zero-order valence-corrected chi connectivity index (χ0v) is 23.6. The van der Waals surface area contributed by atoms with Crippen LogP contribution in [-0.4, -0.2) is 38.2 Å². The van der Waals surface area contributed by atoms with Crippen molar-refractivity contribution < 1.29 is 39.0 Å². The topological polar surface area (TPSA) is 177 Å². The molecule has 2 heterocycles. The minimum Gasteiger partial charge on any atom is -0.460 e. The van der Waals surface area contributed by atoms with E-state index >= 15 is 0 Å². The van der Waals surface area contributed by atoms with Crippen molar-refractivity contribution in [1.29, 1.82) is 0 Å². The van der Waals surface area contributed by atoms with E-state index in [1.165, 1.54) is 17.8 Å². The molecule has 12 nitrogen and oxygen atoms in total. The van der Waals surface area contributed by atoms with Gasteiger partial charge in [-0.3, -0.25) is 4.91 Å². The summed E-state index contributed by atoms with van der Waals surface area (Å²) < 4.78 is 11.4. The number of hydrogen-bond donors (Lipinski definition) is 0. The van der Waals surface area contributed by atoms with Crippen LogP contribution in [0, 0.1) is 19.8 Å². The standard InChI is InChI=1S/C12H18N2O.C11H15N5O.N3.Na/c1-9-3-5-11(6-4-9)15-12-13-7-10(2)8-14-12;1-8-6-13-11(14-7-8)17-10-4-2-9(3-5-10)15-16-12;1-3-2;/h7-9,11H,3-6H2,1-2H3;6-7,9-10H,2-5H2,1H3;;/q;;-1;+1. The third-order valence-electron chi connectivity index (χ3n) is 5.88. The average Bonchev–Trinajstić information content (AvgIpc) is 2.86. The Hall–Kier alpha value is -2.62. The monoisotopic (exact) mass is 504 g/mol. The van der Waals surface area contributed by atoms with Gasteiger partial charge in [-0.05, 0) is 87.8 Å². The van der Waals surface area contributed by atoms with Gasteiger partial charge >= 0.3 is 41.6 Å². The van der Waals surface area contributed by atoms with E-state index < -0.39 is 0 Å². The molecule has 0 bridgehead atoms. The normalized spacial score (nSPS) is 22.4. The molecule has 0 aromatic carbocycles. The Bertz CT molecular complexity index is 948. The van der Waals surface area contributed by atoms with E-state index in [0.29, 0.717) is 18.1 Å². The average molecular weight is 505 g/mol. The van der Waals surface area contributed by atoms with Crippen LogP contribution in [0.2, 0.25) is 0 Å². The molecule has 4 rings (SSSR count). The van der Waals surface area contributed by atoms with E-state index in [9.17, 15) is 0 Å². The maximum Gasteiger partial charge on any atom is 1.00 e. The molecular weight excluding hydrogens is 471 g/mol. The number of nitrogens with zero attached hydrogens (tertiary/aromatic N) is 10. The quantitative estimate of drug-likeness (QED) is 0.260. The number of aryl methyl sites for hydroxylation is 2. The van der Waals surface area contributed by atoms with E-state index in [1.807, 2.05) is 13.8 Å². The molecule has 2 aliphatic carbocycles. The van der Waals surface area contributed by atoms with Gasteiger partial charge in [0.2, 0.25) is 0 Å². The van der Waals surface area contributed by atoms with Crippen molar-refractivity contribution in [2.45, 2.75) is 90.4 Å². The largest absolute Gasteiger partial charge is 1.00 e. The summed E-state index contributed by atoms with van der Waals surface area (Å²) >= 11 is 0. The molecule has 2 aromatic rings. The zero-order chi connectivity index (χ0) is 25.5. The van der Waals surface area contributed by atoms with E-state index in [1.54, 1.807) is 24.8 Å². The van der Waals surface area contributed by atoms with Crippen molar-refractivity contribution >= 4 is 0 Å². The molecule has 0 N–H and O–H groups in total. The molecule has 0 spiro atoms.